The van der Waals surface area contributed by atoms with Crippen molar-refractivity contribution in [3.63, 3.8) is 0 Å². The summed E-state index contributed by atoms with van der Waals surface area (Å²) in [6, 6.07) is 12.1. The largest absolute Gasteiger partial charge is 0.494 e. The zero-order chi connectivity index (χ0) is 15.5. The van der Waals surface area contributed by atoms with Gasteiger partial charge < -0.3 is 4.74 Å². The van der Waals surface area contributed by atoms with E-state index in [0.717, 1.165) is 12.1 Å². The normalized spacial score (nSPS) is 12.3. The molecule has 21 heavy (non-hydrogen) atoms. The number of methoxy groups -OCH3 is 1. The summed E-state index contributed by atoms with van der Waals surface area (Å²) < 4.78 is 42.7. The van der Waals surface area contributed by atoms with Gasteiger partial charge in [0.2, 0.25) is 0 Å². The third-order valence-corrected chi connectivity index (χ3v) is 3.00. The number of alkyl halides is 3. The summed E-state index contributed by atoms with van der Waals surface area (Å²) in [6.45, 7) is 1.75. The molecule has 0 bridgehead atoms. The monoisotopic (exact) mass is 293 g/mol. The number of para-hydroxylation sites is 2. The SMILES string of the molecule is COc1ccccc1N=C(C)c1ccc(C(F)(F)F)cc1. The van der Waals surface area contributed by atoms with E-state index in [1.165, 1.54) is 12.1 Å². The van der Waals surface area contributed by atoms with Gasteiger partial charge in [-0.15, -0.1) is 0 Å². The van der Waals surface area contributed by atoms with Gasteiger partial charge in [0.25, 0.3) is 0 Å². The first-order chi connectivity index (χ1) is 9.91. The molecule has 0 N–H and O–H groups in total. The van der Waals surface area contributed by atoms with Gasteiger partial charge in [-0.3, -0.25) is 0 Å². The second kappa shape index (κ2) is 5.99. The highest BCUT2D eigenvalue weighted by molar-refractivity contribution is 6.00. The van der Waals surface area contributed by atoms with Gasteiger partial charge in [0.05, 0.1) is 12.7 Å². The van der Waals surface area contributed by atoms with E-state index in [4.69, 9.17) is 4.74 Å². The molecule has 0 aromatic heterocycles. The van der Waals surface area contributed by atoms with Crippen molar-refractivity contribution in [2.24, 2.45) is 4.99 Å². The van der Waals surface area contributed by atoms with E-state index < -0.39 is 11.7 Å². The molecule has 0 radical (unpaired) electrons. The molecule has 2 nitrogen and oxygen atoms in total. The van der Waals surface area contributed by atoms with Crippen LogP contribution in [0.1, 0.15) is 18.1 Å². The number of nitrogens with zero attached hydrogens (tertiary/aromatic N) is 1. The lowest BCUT2D eigenvalue weighted by Crippen LogP contribution is -2.05. The second-order valence-corrected chi connectivity index (χ2v) is 4.44. The lowest BCUT2D eigenvalue weighted by Gasteiger charge is -2.08. The molecule has 0 fully saturated rings. The number of halogens is 3. The highest BCUT2D eigenvalue weighted by atomic mass is 19.4. The van der Waals surface area contributed by atoms with E-state index in [2.05, 4.69) is 4.99 Å². The van der Waals surface area contributed by atoms with Crippen LogP contribution in [-0.2, 0) is 6.18 Å². The maximum Gasteiger partial charge on any atom is 0.416 e. The predicted molar refractivity (Wildman–Crippen MR) is 76.3 cm³/mol. The number of hydrogen-bond donors (Lipinski definition) is 0. The van der Waals surface area contributed by atoms with Crippen molar-refractivity contribution in [2.45, 2.75) is 13.1 Å². The van der Waals surface area contributed by atoms with Gasteiger partial charge >= 0.3 is 6.18 Å². The van der Waals surface area contributed by atoms with Gasteiger partial charge in [0.15, 0.2) is 0 Å². The predicted octanol–water partition coefficient (Wildman–Crippen LogP) is 4.85. The van der Waals surface area contributed by atoms with Crippen LogP contribution in [0.5, 0.6) is 5.75 Å². The Bertz CT molecular complexity index is 645. The Labute approximate surface area is 120 Å². The first-order valence-electron chi connectivity index (χ1n) is 6.28. The molecule has 0 aliphatic rings. The maximum absolute atomic E-state index is 12.5. The first-order valence-corrected chi connectivity index (χ1v) is 6.28. The molecule has 5 heteroatoms. The molecule has 110 valence electrons. The molecule has 2 aromatic carbocycles. The minimum Gasteiger partial charge on any atom is -0.494 e. The van der Waals surface area contributed by atoms with Crippen LogP contribution in [0.4, 0.5) is 18.9 Å². The van der Waals surface area contributed by atoms with Crippen LogP contribution in [0.2, 0.25) is 0 Å². The van der Waals surface area contributed by atoms with E-state index in [1.54, 1.807) is 26.2 Å². The smallest absolute Gasteiger partial charge is 0.416 e. The quantitative estimate of drug-likeness (QED) is 0.741. The highest BCUT2D eigenvalue weighted by Gasteiger charge is 2.29. The minimum absolute atomic E-state index is 0.615. The summed E-state index contributed by atoms with van der Waals surface area (Å²) in [6.07, 6.45) is -4.33. The summed E-state index contributed by atoms with van der Waals surface area (Å²) in [7, 11) is 1.54. The van der Waals surface area contributed by atoms with Crippen LogP contribution in [0.15, 0.2) is 53.5 Å². The second-order valence-electron chi connectivity index (χ2n) is 4.44. The van der Waals surface area contributed by atoms with E-state index in [0.29, 0.717) is 22.7 Å². The van der Waals surface area contributed by atoms with Gasteiger partial charge in [0.1, 0.15) is 11.4 Å². The number of benzene rings is 2. The van der Waals surface area contributed by atoms with Crippen molar-refractivity contribution in [3.8, 4) is 5.75 Å². The average Bonchev–Trinajstić information content (AvgIpc) is 2.47. The molecular formula is C16H14F3NO. The van der Waals surface area contributed by atoms with Crippen LogP contribution in [0.3, 0.4) is 0 Å². The highest BCUT2D eigenvalue weighted by Crippen LogP contribution is 2.30. The summed E-state index contributed by atoms with van der Waals surface area (Å²) >= 11 is 0. The summed E-state index contributed by atoms with van der Waals surface area (Å²) in [4.78, 5) is 4.40. The molecule has 0 amide bonds. The van der Waals surface area contributed by atoms with E-state index in [-0.39, 0.29) is 0 Å². The lowest BCUT2D eigenvalue weighted by molar-refractivity contribution is -0.137. The topological polar surface area (TPSA) is 21.6 Å². The van der Waals surface area contributed by atoms with Gasteiger partial charge in [-0.1, -0.05) is 24.3 Å². The number of ether oxygens (including phenoxy) is 1. The Morgan fingerprint density at radius 2 is 1.62 bits per heavy atom. The number of hydrogen-bond acceptors (Lipinski definition) is 2. The number of rotatable bonds is 3. The minimum atomic E-state index is -4.33. The first kappa shape index (κ1) is 15.1. The Balaban J connectivity index is 2.31. The molecule has 0 aliphatic carbocycles. The lowest BCUT2D eigenvalue weighted by atomic mass is 10.1. The van der Waals surface area contributed by atoms with E-state index >= 15 is 0 Å². The third-order valence-electron chi connectivity index (χ3n) is 3.00. The standard InChI is InChI=1S/C16H14F3NO/c1-11(20-14-5-3-4-6-15(14)21-2)12-7-9-13(10-8-12)16(17,18)19/h3-10H,1-2H3. The van der Waals surface area contributed by atoms with Crippen LogP contribution >= 0.6 is 0 Å². The average molecular weight is 293 g/mol. The Hall–Kier alpha value is -2.30. The molecule has 0 heterocycles. The van der Waals surface area contributed by atoms with Crippen molar-refractivity contribution in [1.29, 1.82) is 0 Å². The maximum atomic E-state index is 12.5. The molecule has 0 unspecified atom stereocenters. The van der Waals surface area contributed by atoms with Crippen molar-refractivity contribution in [3.05, 3.63) is 59.7 Å². The molecule has 0 spiro atoms. The Morgan fingerprint density at radius 1 is 1.00 bits per heavy atom. The zero-order valence-corrected chi connectivity index (χ0v) is 11.6. The molecule has 2 aromatic rings. The van der Waals surface area contributed by atoms with Crippen molar-refractivity contribution in [1.82, 2.24) is 0 Å². The van der Waals surface area contributed by atoms with E-state index in [1.807, 2.05) is 12.1 Å². The van der Waals surface area contributed by atoms with Gasteiger partial charge in [-0.2, -0.15) is 13.2 Å². The Morgan fingerprint density at radius 3 is 2.19 bits per heavy atom. The van der Waals surface area contributed by atoms with Crippen molar-refractivity contribution >= 4 is 11.4 Å². The molecule has 0 aliphatic heterocycles. The van der Waals surface area contributed by atoms with Gasteiger partial charge in [0, 0.05) is 5.71 Å². The Kier molecular flexibility index (Phi) is 4.31. The molecule has 0 atom stereocenters. The fourth-order valence-corrected chi connectivity index (χ4v) is 1.87. The molecule has 2 rings (SSSR count). The van der Waals surface area contributed by atoms with Gasteiger partial charge in [-0.25, -0.2) is 4.99 Å². The number of aliphatic imine (C=N–C) groups is 1. The summed E-state index contributed by atoms with van der Waals surface area (Å²) in [5, 5.41) is 0. The van der Waals surface area contributed by atoms with Crippen LogP contribution in [0.25, 0.3) is 0 Å². The van der Waals surface area contributed by atoms with Crippen LogP contribution in [0, 0.1) is 0 Å². The van der Waals surface area contributed by atoms with E-state index in [9.17, 15) is 13.2 Å². The molecule has 0 saturated heterocycles. The zero-order valence-electron chi connectivity index (χ0n) is 11.6. The molecular weight excluding hydrogens is 279 g/mol. The van der Waals surface area contributed by atoms with Crippen LogP contribution < -0.4 is 4.74 Å². The summed E-state index contributed by atoms with van der Waals surface area (Å²) in [5.41, 5.74) is 1.22. The summed E-state index contributed by atoms with van der Waals surface area (Å²) in [5.74, 6) is 0.615. The van der Waals surface area contributed by atoms with Crippen molar-refractivity contribution < 1.29 is 17.9 Å². The molecule has 0 saturated carbocycles. The van der Waals surface area contributed by atoms with Crippen molar-refractivity contribution in [2.75, 3.05) is 7.11 Å². The van der Waals surface area contributed by atoms with Gasteiger partial charge in [-0.05, 0) is 36.8 Å². The third kappa shape index (κ3) is 3.62. The fourth-order valence-electron chi connectivity index (χ4n) is 1.87. The fraction of sp³-hybridized carbons (Fsp3) is 0.188. The van der Waals surface area contributed by atoms with Crippen LogP contribution in [-0.4, -0.2) is 12.8 Å².